The molecule has 1 fully saturated rings. The fourth-order valence-corrected chi connectivity index (χ4v) is 2.54. The van der Waals surface area contributed by atoms with E-state index >= 15 is 0 Å². The number of benzene rings is 1. The van der Waals surface area contributed by atoms with E-state index in [0.717, 1.165) is 17.6 Å². The maximum absolute atomic E-state index is 11.3. The van der Waals surface area contributed by atoms with Gasteiger partial charge in [-0.1, -0.05) is 28.1 Å². The van der Waals surface area contributed by atoms with Crippen LogP contribution in [0.2, 0.25) is 0 Å². The molecule has 1 aromatic carbocycles. The van der Waals surface area contributed by atoms with Crippen molar-refractivity contribution in [3.8, 4) is 0 Å². The van der Waals surface area contributed by atoms with Crippen LogP contribution >= 0.6 is 15.9 Å². The molecule has 0 radical (unpaired) electrons. The zero-order chi connectivity index (χ0) is 13.0. The molecule has 18 heavy (non-hydrogen) atoms. The molecular formula is C13H18BrN3O. The molecule has 0 aliphatic carbocycles. The van der Waals surface area contributed by atoms with Crippen molar-refractivity contribution in [2.45, 2.75) is 12.5 Å². The normalized spacial score (nSPS) is 19.1. The lowest BCUT2D eigenvalue weighted by Crippen LogP contribution is -2.36. The van der Waals surface area contributed by atoms with Gasteiger partial charge in [-0.3, -0.25) is 9.69 Å². The Kier molecular flexibility index (Phi) is 4.74. The highest BCUT2D eigenvalue weighted by atomic mass is 79.9. The minimum absolute atomic E-state index is 0.129. The number of nitrogens with one attached hydrogen (secondary N) is 1. The Balaban J connectivity index is 2.12. The molecule has 2 rings (SSSR count). The van der Waals surface area contributed by atoms with E-state index in [1.54, 1.807) is 0 Å². The number of hydrogen-bond donors (Lipinski definition) is 2. The molecule has 1 aliphatic rings. The highest BCUT2D eigenvalue weighted by molar-refractivity contribution is 9.10. The minimum atomic E-state index is 0.129. The van der Waals surface area contributed by atoms with E-state index in [1.807, 2.05) is 12.1 Å². The van der Waals surface area contributed by atoms with Crippen LogP contribution in [0.1, 0.15) is 18.0 Å². The Hall–Kier alpha value is -0.910. The van der Waals surface area contributed by atoms with Crippen molar-refractivity contribution in [3.63, 3.8) is 0 Å². The number of halogens is 1. The average molecular weight is 312 g/mol. The van der Waals surface area contributed by atoms with Crippen LogP contribution < -0.4 is 11.1 Å². The highest BCUT2D eigenvalue weighted by Crippen LogP contribution is 2.22. The van der Waals surface area contributed by atoms with Gasteiger partial charge in [-0.15, -0.1) is 0 Å². The van der Waals surface area contributed by atoms with Crippen LogP contribution in [-0.4, -0.2) is 37.0 Å². The third kappa shape index (κ3) is 3.31. The first kappa shape index (κ1) is 13.5. The molecule has 5 heteroatoms. The molecule has 4 nitrogen and oxygen atoms in total. The van der Waals surface area contributed by atoms with Gasteiger partial charge in [0, 0.05) is 43.1 Å². The number of rotatable bonds is 3. The van der Waals surface area contributed by atoms with Crippen molar-refractivity contribution in [2.24, 2.45) is 5.73 Å². The number of carbonyl (C=O) groups excluding carboxylic acids is 1. The maximum Gasteiger partial charge on any atom is 0.221 e. The summed E-state index contributed by atoms with van der Waals surface area (Å²) in [5, 5.41) is 2.89. The summed E-state index contributed by atoms with van der Waals surface area (Å²) in [6.45, 7) is 2.88. The fraction of sp³-hybridized carbons (Fsp3) is 0.462. The summed E-state index contributed by atoms with van der Waals surface area (Å²) in [4.78, 5) is 13.6. The van der Waals surface area contributed by atoms with Crippen molar-refractivity contribution < 1.29 is 4.79 Å². The van der Waals surface area contributed by atoms with Gasteiger partial charge in [-0.05, 0) is 17.7 Å². The van der Waals surface area contributed by atoms with E-state index in [9.17, 15) is 4.79 Å². The molecule has 1 unspecified atom stereocenters. The van der Waals surface area contributed by atoms with Gasteiger partial charge < -0.3 is 11.1 Å². The summed E-state index contributed by atoms with van der Waals surface area (Å²) >= 11 is 3.43. The van der Waals surface area contributed by atoms with Gasteiger partial charge in [-0.2, -0.15) is 0 Å². The molecule has 1 saturated heterocycles. The summed E-state index contributed by atoms with van der Waals surface area (Å²) in [7, 11) is 0. The van der Waals surface area contributed by atoms with E-state index in [1.165, 1.54) is 5.56 Å². The number of nitrogens with zero attached hydrogens (tertiary/aromatic N) is 1. The zero-order valence-corrected chi connectivity index (χ0v) is 11.8. The van der Waals surface area contributed by atoms with Gasteiger partial charge >= 0.3 is 0 Å². The van der Waals surface area contributed by atoms with Crippen LogP contribution in [0.5, 0.6) is 0 Å². The lowest BCUT2D eigenvalue weighted by molar-refractivity contribution is -0.120. The smallest absolute Gasteiger partial charge is 0.221 e. The molecule has 0 spiro atoms. The SMILES string of the molecule is NCC(c1ccc(Br)cc1)N1CCNC(=O)CC1. The number of carbonyl (C=O) groups is 1. The zero-order valence-electron chi connectivity index (χ0n) is 10.2. The van der Waals surface area contributed by atoms with Crippen molar-refractivity contribution in [1.82, 2.24) is 10.2 Å². The third-order valence-electron chi connectivity index (χ3n) is 3.27. The van der Waals surface area contributed by atoms with Crippen LogP contribution in [0.4, 0.5) is 0 Å². The third-order valence-corrected chi connectivity index (χ3v) is 3.79. The van der Waals surface area contributed by atoms with E-state index in [4.69, 9.17) is 5.73 Å². The Morgan fingerprint density at radius 3 is 2.72 bits per heavy atom. The lowest BCUT2D eigenvalue weighted by Gasteiger charge is -2.29. The first-order valence-electron chi connectivity index (χ1n) is 6.17. The van der Waals surface area contributed by atoms with Crippen LogP contribution in [0.25, 0.3) is 0 Å². The Morgan fingerprint density at radius 1 is 1.33 bits per heavy atom. The molecular weight excluding hydrogens is 294 g/mol. The molecule has 98 valence electrons. The summed E-state index contributed by atoms with van der Waals surface area (Å²) in [6, 6.07) is 8.41. The number of nitrogens with two attached hydrogens (primary N) is 1. The Morgan fingerprint density at radius 2 is 2.06 bits per heavy atom. The molecule has 1 aliphatic heterocycles. The summed E-state index contributed by atoms with van der Waals surface area (Å²) in [5.41, 5.74) is 7.10. The van der Waals surface area contributed by atoms with Gasteiger partial charge in [0.05, 0.1) is 0 Å². The van der Waals surface area contributed by atoms with Gasteiger partial charge in [0.2, 0.25) is 5.91 Å². The van der Waals surface area contributed by atoms with Gasteiger partial charge in [0.15, 0.2) is 0 Å². The summed E-state index contributed by atoms with van der Waals surface area (Å²) < 4.78 is 1.06. The second-order valence-electron chi connectivity index (χ2n) is 4.44. The molecule has 0 saturated carbocycles. The monoisotopic (exact) mass is 311 g/mol. The first-order chi connectivity index (χ1) is 8.70. The number of amides is 1. The quantitative estimate of drug-likeness (QED) is 0.884. The standard InChI is InChI=1S/C13H18BrN3O/c14-11-3-1-10(2-4-11)12(9-15)17-7-5-13(18)16-6-8-17/h1-4,12H,5-9,15H2,(H,16,18). The predicted molar refractivity (Wildman–Crippen MR) is 75.1 cm³/mol. The van der Waals surface area contributed by atoms with Crippen LogP contribution in [0, 0.1) is 0 Å². The second-order valence-corrected chi connectivity index (χ2v) is 5.35. The molecule has 3 N–H and O–H groups in total. The van der Waals surface area contributed by atoms with E-state index in [-0.39, 0.29) is 11.9 Å². The van der Waals surface area contributed by atoms with Gasteiger partial charge in [-0.25, -0.2) is 0 Å². The summed E-state index contributed by atoms with van der Waals surface area (Å²) in [5.74, 6) is 0.129. The molecule has 1 amide bonds. The fourth-order valence-electron chi connectivity index (χ4n) is 2.28. The molecule has 0 bridgehead atoms. The number of hydrogen-bond acceptors (Lipinski definition) is 3. The Bertz CT molecular complexity index is 407. The first-order valence-corrected chi connectivity index (χ1v) is 6.96. The van der Waals surface area contributed by atoms with E-state index in [0.29, 0.717) is 19.5 Å². The van der Waals surface area contributed by atoms with Crippen molar-refractivity contribution >= 4 is 21.8 Å². The molecule has 1 atom stereocenters. The lowest BCUT2D eigenvalue weighted by atomic mass is 10.1. The summed E-state index contributed by atoms with van der Waals surface area (Å²) in [6.07, 6.45) is 0.549. The van der Waals surface area contributed by atoms with Crippen molar-refractivity contribution in [2.75, 3.05) is 26.2 Å². The predicted octanol–water partition coefficient (Wildman–Crippen LogP) is 1.27. The molecule has 0 aromatic heterocycles. The molecule has 1 aromatic rings. The maximum atomic E-state index is 11.3. The van der Waals surface area contributed by atoms with E-state index < -0.39 is 0 Å². The van der Waals surface area contributed by atoms with Gasteiger partial charge in [0.1, 0.15) is 0 Å². The highest BCUT2D eigenvalue weighted by Gasteiger charge is 2.21. The van der Waals surface area contributed by atoms with Crippen molar-refractivity contribution in [1.29, 1.82) is 0 Å². The van der Waals surface area contributed by atoms with Crippen LogP contribution in [0.15, 0.2) is 28.7 Å². The van der Waals surface area contributed by atoms with Gasteiger partial charge in [0.25, 0.3) is 0 Å². The molecule has 1 heterocycles. The average Bonchev–Trinajstić information content (AvgIpc) is 2.58. The Labute approximate surface area is 116 Å². The van der Waals surface area contributed by atoms with E-state index in [2.05, 4.69) is 38.3 Å². The van der Waals surface area contributed by atoms with Crippen LogP contribution in [0.3, 0.4) is 0 Å². The largest absolute Gasteiger partial charge is 0.355 e. The van der Waals surface area contributed by atoms with Crippen LogP contribution in [-0.2, 0) is 4.79 Å². The topological polar surface area (TPSA) is 58.4 Å². The minimum Gasteiger partial charge on any atom is -0.355 e. The second kappa shape index (κ2) is 6.31. The van der Waals surface area contributed by atoms with Crippen molar-refractivity contribution in [3.05, 3.63) is 34.3 Å².